The number of hydrogen-bond acceptors (Lipinski definition) is 5. The third-order valence-corrected chi connectivity index (χ3v) is 2.88. The first-order chi connectivity index (χ1) is 11.1. The van der Waals surface area contributed by atoms with Gasteiger partial charge in [0, 0.05) is 24.7 Å². The van der Waals surface area contributed by atoms with Gasteiger partial charge in [-0.25, -0.2) is 5.48 Å². The third kappa shape index (κ3) is 6.74. The van der Waals surface area contributed by atoms with E-state index in [4.69, 9.17) is 9.94 Å². The molecule has 0 unspecified atom stereocenters. The van der Waals surface area contributed by atoms with Gasteiger partial charge in [0.15, 0.2) is 0 Å². The lowest BCUT2D eigenvalue weighted by molar-refractivity contribution is -0.129. The van der Waals surface area contributed by atoms with E-state index in [9.17, 15) is 14.4 Å². The van der Waals surface area contributed by atoms with Crippen molar-refractivity contribution in [1.82, 2.24) is 10.8 Å². The molecule has 0 aromatic heterocycles. The van der Waals surface area contributed by atoms with Crippen molar-refractivity contribution in [3.8, 4) is 11.8 Å². The minimum atomic E-state index is -0.805. The van der Waals surface area contributed by atoms with Crippen LogP contribution >= 0.6 is 0 Å². The molecule has 1 rings (SSSR count). The summed E-state index contributed by atoms with van der Waals surface area (Å²) in [6.45, 7) is 0.324. The Morgan fingerprint density at radius 3 is 2.61 bits per heavy atom. The van der Waals surface area contributed by atoms with E-state index < -0.39 is 17.9 Å². The van der Waals surface area contributed by atoms with E-state index in [1.54, 1.807) is 31.4 Å². The first-order valence-corrected chi connectivity index (χ1v) is 6.87. The molecule has 0 aliphatic carbocycles. The van der Waals surface area contributed by atoms with Crippen molar-refractivity contribution >= 4 is 18.1 Å². The molecule has 0 fully saturated rings. The lowest BCUT2D eigenvalue weighted by atomic mass is 10.1. The lowest BCUT2D eigenvalue weighted by Gasteiger charge is -2.12. The lowest BCUT2D eigenvalue weighted by Crippen LogP contribution is -2.37. The number of carbonyl (C=O) groups is 3. The van der Waals surface area contributed by atoms with Crippen LogP contribution in [0.4, 0.5) is 0 Å². The smallest absolute Gasteiger partial charge is 0.251 e. The summed E-state index contributed by atoms with van der Waals surface area (Å²) in [7, 11) is 1.55. The van der Waals surface area contributed by atoms with Crippen LogP contribution in [0.2, 0.25) is 0 Å². The molecule has 0 aliphatic heterocycles. The average molecular weight is 318 g/mol. The van der Waals surface area contributed by atoms with Crippen LogP contribution in [0, 0.1) is 11.8 Å². The predicted octanol–water partition coefficient (Wildman–Crippen LogP) is 0.267. The number of aldehydes is 1. The molecule has 1 aromatic rings. The van der Waals surface area contributed by atoms with Crippen LogP contribution in [-0.2, 0) is 14.3 Å². The maximum absolute atomic E-state index is 12.0. The van der Waals surface area contributed by atoms with E-state index in [1.807, 2.05) is 0 Å². The van der Waals surface area contributed by atoms with Crippen LogP contribution in [-0.4, -0.2) is 43.1 Å². The van der Waals surface area contributed by atoms with Crippen molar-refractivity contribution in [1.29, 1.82) is 0 Å². The fourth-order valence-corrected chi connectivity index (χ4v) is 1.68. The predicted molar refractivity (Wildman–Crippen MR) is 81.7 cm³/mol. The number of hydroxylamine groups is 1. The summed E-state index contributed by atoms with van der Waals surface area (Å²) in [5.74, 6) is 4.62. The highest BCUT2D eigenvalue weighted by Crippen LogP contribution is 2.05. The van der Waals surface area contributed by atoms with Gasteiger partial charge >= 0.3 is 0 Å². The fraction of sp³-hybridized carbons (Fsp3) is 0.312. The monoisotopic (exact) mass is 318 g/mol. The zero-order valence-electron chi connectivity index (χ0n) is 12.7. The normalized spacial score (nSPS) is 10.9. The highest BCUT2D eigenvalue weighted by Gasteiger charge is 2.14. The molecule has 0 saturated heterocycles. The number of carbonyl (C=O) groups excluding carboxylic acids is 3. The Labute approximate surface area is 134 Å². The Balaban J connectivity index is 2.61. The molecule has 3 N–H and O–H groups in total. The molecular weight excluding hydrogens is 300 g/mol. The van der Waals surface area contributed by atoms with E-state index in [2.05, 4.69) is 17.2 Å². The summed E-state index contributed by atoms with van der Waals surface area (Å²) < 4.78 is 4.81. The van der Waals surface area contributed by atoms with Gasteiger partial charge in [0.25, 0.3) is 5.91 Å². The summed E-state index contributed by atoms with van der Waals surface area (Å²) in [5, 5.41) is 10.9. The largest absolute Gasteiger partial charge is 0.372 e. The van der Waals surface area contributed by atoms with Gasteiger partial charge in [0.05, 0.1) is 6.04 Å². The number of nitrogens with one attached hydrogen (secondary N) is 2. The number of benzene rings is 1. The highest BCUT2D eigenvalue weighted by molar-refractivity contribution is 5.95. The Morgan fingerprint density at radius 1 is 1.35 bits per heavy atom. The van der Waals surface area contributed by atoms with Gasteiger partial charge in [-0.1, -0.05) is 11.8 Å². The maximum Gasteiger partial charge on any atom is 0.251 e. The van der Waals surface area contributed by atoms with E-state index in [0.29, 0.717) is 18.5 Å². The van der Waals surface area contributed by atoms with E-state index >= 15 is 0 Å². The van der Waals surface area contributed by atoms with Crippen molar-refractivity contribution in [2.75, 3.05) is 13.7 Å². The van der Waals surface area contributed by atoms with Crippen molar-refractivity contribution in [3.05, 3.63) is 35.4 Å². The molecule has 23 heavy (non-hydrogen) atoms. The standard InChI is InChI=1S/C16H18N2O5/c1-23-10-2-3-12-4-6-13(7-5-12)16(21)17-14(11-19)8-9-15(20)18-22/h4-7,11,14,22H,8-10H2,1H3,(H,17,21)(H,18,20)/t14-/m1/s1. The first-order valence-electron chi connectivity index (χ1n) is 6.87. The van der Waals surface area contributed by atoms with Crippen LogP contribution in [0.25, 0.3) is 0 Å². The molecule has 0 spiro atoms. The minimum Gasteiger partial charge on any atom is -0.372 e. The molecule has 7 heteroatoms. The number of methoxy groups -OCH3 is 1. The zero-order valence-corrected chi connectivity index (χ0v) is 12.7. The van der Waals surface area contributed by atoms with Gasteiger partial charge in [-0.15, -0.1) is 0 Å². The van der Waals surface area contributed by atoms with Gasteiger partial charge in [-0.05, 0) is 30.7 Å². The van der Waals surface area contributed by atoms with Crippen LogP contribution in [0.3, 0.4) is 0 Å². The molecule has 2 amide bonds. The van der Waals surface area contributed by atoms with E-state index in [0.717, 1.165) is 5.56 Å². The van der Waals surface area contributed by atoms with Gasteiger partial charge in [0.2, 0.25) is 5.91 Å². The second kappa shape index (κ2) is 10.1. The van der Waals surface area contributed by atoms with Gasteiger partial charge < -0.3 is 14.8 Å². The second-order valence-electron chi connectivity index (χ2n) is 4.60. The number of ether oxygens (including phenoxy) is 1. The van der Waals surface area contributed by atoms with Crippen molar-refractivity contribution in [2.45, 2.75) is 18.9 Å². The Morgan fingerprint density at radius 2 is 2.04 bits per heavy atom. The Hall–Kier alpha value is -2.69. The van der Waals surface area contributed by atoms with Crippen molar-refractivity contribution < 1.29 is 24.3 Å². The third-order valence-electron chi connectivity index (χ3n) is 2.88. The molecule has 0 bridgehead atoms. The zero-order chi connectivity index (χ0) is 17.1. The Kier molecular flexibility index (Phi) is 8.07. The van der Waals surface area contributed by atoms with Gasteiger partial charge in [-0.2, -0.15) is 0 Å². The average Bonchev–Trinajstić information content (AvgIpc) is 2.58. The molecule has 0 radical (unpaired) electrons. The van der Waals surface area contributed by atoms with Crippen LogP contribution < -0.4 is 10.8 Å². The number of amides is 2. The maximum atomic E-state index is 12.0. The molecule has 0 saturated carbocycles. The summed E-state index contributed by atoms with van der Waals surface area (Å²) in [5.41, 5.74) is 2.58. The number of hydrogen-bond donors (Lipinski definition) is 3. The second-order valence-corrected chi connectivity index (χ2v) is 4.60. The SMILES string of the molecule is COCC#Cc1ccc(C(=O)N[C@@H](C=O)CCC(=O)NO)cc1. The molecule has 122 valence electrons. The molecule has 0 aliphatic rings. The number of rotatable bonds is 7. The molecule has 1 atom stereocenters. The topological polar surface area (TPSA) is 105 Å². The Bertz CT molecular complexity index is 601. The van der Waals surface area contributed by atoms with Gasteiger partial charge in [-0.3, -0.25) is 14.8 Å². The molecule has 1 aromatic carbocycles. The van der Waals surface area contributed by atoms with Crippen LogP contribution in [0.5, 0.6) is 0 Å². The summed E-state index contributed by atoms with van der Waals surface area (Å²) >= 11 is 0. The summed E-state index contributed by atoms with van der Waals surface area (Å²) in [6.07, 6.45) is 0.573. The van der Waals surface area contributed by atoms with Gasteiger partial charge in [0.1, 0.15) is 12.9 Å². The minimum absolute atomic E-state index is 0.0752. The summed E-state index contributed by atoms with van der Waals surface area (Å²) in [4.78, 5) is 33.9. The van der Waals surface area contributed by atoms with Crippen molar-refractivity contribution in [2.24, 2.45) is 0 Å². The molecule has 7 nitrogen and oxygen atoms in total. The fourth-order valence-electron chi connectivity index (χ4n) is 1.68. The quantitative estimate of drug-likeness (QED) is 0.290. The van der Waals surface area contributed by atoms with E-state index in [1.165, 1.54) is 5.48 Å². The molecule has 0 heterocycles. The van der Waals surface area contributed by atoms with E-state index in [-0.39, 0.29) is 12.8 Å². The highest BCUT2D eigenvalue weighted by atomic mass is 16.5. The molecular formula is C16H18N2O5. The first kappa shape index (κ1) is 18.4. The van der Waals surface area contributed by atoms with Crippen LogP contribution in [0.15, 0.2) is 24.3 Å². The van der Waals surface area contributed by atoms with Crippen LogP contribution in [0.1, 0.15) is 28.8 Å². The van der Waals surface area contributed by atoms with Crippen molar-refractivity contribution in [3.63, 3.8) is 0 Å². The summed E-state index contributed by atoms with van der Waals surface area (Å²) in [6, 6.07) is 5.75.